The van der Waals surface area contributed by atoms with Gasteiger partial charge in [-0.05, 0) is 36.8 Å². The Morgan fingerprint density at radius 2 is 1.95 bits per heavy atom. The molecular formula is C15H14BrNO2. The number of hydrogen-bond donors (Lipinski definition) is 1. The Bertz CT molecular complexity index is 611. The Balaban J connectivity index is 2.23. The molecule has 2 rings (SSSR count). The molecule has 0 radical (unpaired) electrons. The minimum absolute atomic E-state index is 0.162. The number of halogens is 1. The fraction of sp³-hybridized carbons (Fsp3) is 0.133. The number of aryl methyl sites for hydroxylation is 1. The Morgan fingerprint density at radius 1 is 1.21 bits per heavy atom. The van der Waals surface area contributed by atoms with Gasteiger partial charge in [0.25, 0.3) is 5.91 Å². The Labute approximate surface area is 120 Å². The number of ether oxygens (including phenoxy) is 1. The molecule has 0 unspecified atom stereocenters. The van der Waals surface area contributed by atoms with Crippen molar-refractivity contribution in [1.29, 1.82) is 0 Å². The standard InChI is InChI=1S/C15H14BrNO2/c1-10-7-8-11(9-12(10)16)15(18)17-13-5-3-4-6-14(13)19-2/h3-9H,1-2H3,(H,17,18). The zero-order valence-corrected chi connectivity index (χ0v) is 12.3. The summed E-state index contributed by atoms with van der Waals surface area (Å²) in [6.45, 7) is 1.98. The van der Waals surface area contributed by atoms with Crippen molar-refractivity contribution in [2.24, 2.45) is 0 Å². The van der Waals surface area contributed by atoms with E-state index in [2.05, 4.69) is 21.2 Å². The van der Waals surface area contributed by atoms with E-state index in [0.29, 0.717) is 17.0 Å². The number of benzene rings is 2. The van der Waals surface area contributed by atoms with E-state index in [0.717, 1.165) is 10.0 Å². The average Bonchev–Trinajstić information content (AvgIpc) is 2.42. The number of methoxy groups -OCH3 is 1. The lowest BCUT2D eigenvalue weighted by atomic mass is 10.1. The van der Waals surface area contributed by atoms with Crippen LogP contribution in [0.25, 0.3) is 0 Å². The molecule has 0 heterocycles. The summed E-state index contributed by atoms with van der Waals surface area (Å²) >= 11 is 3.42. The first-order chi connectivity index (χ1) is 9.11. The predicted octanol–water partition coefficient (Wildman–Crippen LogP) is 4.02. The van der Waals surface area contributed by atoms with Crippen LogP contribution in [0.2, 0.25) is 0 Å². The molecule has 0 aliphatic rings. The van der Waals surface area contributed by atoms with E-state index in [9.17, 15) is 4.79 Å². The van der Waals surface area contributed by atoms with Gasteiger partial charge in [0.1, 0.15) is 5.75 Å². The maximum absolute atomic E-state index is 12.2. The largest absolute Gasteiger partial charge is 0.495 e. The van der Waals surface area contributed by atoms with Crippen LogP contribution in [0.4, 0.5) is 5.69 Å². The maximum Gasteiger partial charge on any atom is 0.255 e. The van der Waals surface area contributed by atoms with E-state index in [1.165, 1.54) is 0 Å². The highest BCUT2D eigenvalue weighted by molar-refractivity contribution is 9.10. The first-order valence-corrected chi connectivity index (χ1v) is 6.61. The van der Waals surface area contributed by atoms with Crippen molar-refractivity contribution in [2.75, 3.05) is 12.4 Å². The van der Waals surface area contributed by atoms with Crippen LogP contribution < -0.4 is 10.1 Å². The number of anilines is 1. The zero-order valence-electron chi connectivity index (χ0n) is 10.7. The molecule has 0 fully saturated rings. The van der Waals surface area contributed by atoms with E-state index in [1.807, 2.05) is 25.1 Å². The van der Waals surface area contributed by atoms with Gasteiger partial charge in [-0.1, -0.05) is 34.1 Å². The smallest absolute Gasteiger partial charge is 0.255 e. The number of rotatable bonds is 3. The highest BCUT2D eigenvalue weighted by Crippen LogP contribution is 2.24. The molecule has 0 saturated carbocycles. The van der Waals surface area contributed by atoms with Crippen molar-refractivity contribution < 1.29 is 9.53 Å². The van der Waals surface area contributed by atoms with Crippen LogP contribution in [0, 0.1) is 6.92 Å². The van der Waals surface area contributed by atoms with E-state index in [-0.39, 0.29) is 5.91 Å². The molecule has 0 spiro atoms. The third kappa shape index (κ3) is 3.15. The van der Waals surface area contributed by atoms with Gasteiger partial charge in [-0.2, -0.15) is 0 Å². The van der Waals surface area contributed by atoms with Gasteiger partial charge in [0.2, 0.25) is 0 Å². The van der Waals surface area contributed by atoms with Crippen LogP contribution >= 0.6 is 15.9 Å². The van der Waals surface area contributed by atoms with Gasteiger partial charge in [0.15, 0.2) is 0 Å². The van der Waals surface area contributed by atoms with Gasteiger partial charge in [-0.15, -0.1) is 0 Å². The average molecular weight is 320 g/mol. The summed E-state index contributed by atoms with van der Waals surface area (Å²) in [5.74, 6) is 0.479. The normalized spacial score (nSPS) is 10.1. The lowest BCUT2D eigenvalue weighted by Gasteiger charge is -2.10. The fourth-order valence-corrected chi connectivity index (χ4v) is 2.06. The minimum atomic E-state index is -0.162. The van der Waals surface area contributed by atoms with Crippen LogP contribution in [-0.2, 0) is 0 Å². The third-order valence-corrected chi connectivity index (χ3v) is 3.64. The number of para-hydroxylation sites is 2. The van der Waals surface area contributed by atoms with Crippen molar-refractivity contribution >= 4 is 27.5 Å². The Kier molecular flexibility index (Phi) is 4.22. The van der Waals surface area contributed by atoms with Gasteiger partial charge < -0.3 is 10.1 Å². The van der Waals surface area contributed by atoms with Gasteiger partial charge in [-0.3, -0.25) is 4.79 Å². The molecule has 0 atom stereocenters. The van der Waals surface area contributed by atoms with Crippen molar-refractivity contribution in [2.45, 2.75) is 6.92 Å². The van der Waals surface area contributed by atoms with Crippen molar-refractivity contribution in [1.82, 2.24) is 0 Å². The molecule has 1 N–H and O–H groups in total. The summed E-state index contributed by atoms with van der Waals surface area (Å²) in [5, 5.41) is 2.84. The predicted molar refractivity (Wildman–Crippen MR) is 79.8 cm³/mol. The molecule has 0 saturated heterocycles. The topological polar surface area (TPSA) is 38.3 Å². The first-order valence-electron chi connectivity index (χ1n) is 5.82. The molecule has 4 heteroatoms. The number of nitrogens with one attached hydrogen (secondary N) is 1. The Hall–Kier alpha value is -1.81. The molecule has 0 bridgehead atoms. The van der Waals surface area contributed by atoms with Crippen LogP contribution in [0.1, 0.15) is 15.9 Å². The SMILES string of the molecule is COc1ccccc1NC(=O)c1ccc(C)c(Br)c1. The van der Waals surface area contributed by atoms with E-state index < -0.39 is 0 Å². The van der Waals surface area contributed by atoms with E-state index in [4.69, 9.17) is 4.74 Å². The van der Waals surface area contributed by atoms with Crippen LogP contribution in [-0.4, -0.2) is 13.0 Å². The molecule has 0 aliphatic carbocycles. The zero-order chi connectivity index (χ0) is 13.8. The monoisotopic (exact) mass is 319 g/mol. The molecular weight excluding hydrogens is 306 g/mol. The van der Waals surface area contributed by atoms with Gasteiger partial charge >= 0.3 is 0 Å². The van der Waals surface area contributed by atoms with Crippen molar-refractivity contribution in [3.63, 3.8) is 0 Å². The number of carbonyl (C=O) groups excluding carboxylic acids is 1. The maximum atomic E-state index is 12.2. The molecule has 2 aromatic carbocycles. The van der Waals surface area contributed by atoms with Crippen LogP contribution in [0.3, 0.4) is 0 Å². The van der Waals surface area contributed by atoms with Crippen molar-refractivity contribution in [3.8, 4) is 5.75 Å². The van der Waals surface area contributed by atoms with Crippen LogP contribution in [0.5, 0.6) is 5.75 Å². The lowest BCUT2D eigenvalue weighted by molar-refractivity contribution is 0.102. The second-order valence-corrected chi connectivity index (χ2v) is 4.97. The lowest BCUT2D eigenvalue weighted by Crippen LogP contribution is -2.12. The highest BCUT2D eigenvalue weighted by atomic mass is 79.9. The third-order valence-electron chi connectivity index (χ3n) is 2.79. The molecule has 0 aliphatic heterocycles. The molecule has 3 nitrogen and oxygen atoms in total. The fourth-order valence-electron chi connectivity index (χ4n) is 1.68. The molecule has 2 aromatic rings. The van der Waals surface area contributed by atoms with E-state index >= 15 is 0 Å². The number of carbonyl (C=O) groups is 1. The van der Waals surface area contributed by atoms with Gasteiger partial charge in [-0.25, -0.2) is 0 Å². The number of amides is 1. The molecule has 1 amide bonds. The first kappa shape index (κ1) is 13.6. The Morgan fingerprint density at radius 3 is 2.63 bits per heavy atom. The molecule has 98 valence electrons. The van der Waals surface area contributed by atoms with Gasteiger partial charge in [0, 0.05) is 10.0 Å². The summed E-state index contributed by atoms with van der Waals surface area (Å²) < 4.78 is 6.12. The molecule has 0 aromatic heterocycles. The van der Waals surface area contributed by atoms with Crippen molar-refractivity contribution in [3.05, 3.63) is 58.1 Å². The summed E-state index contributed by atoms with van der Waals surface area (Å²) in [5.41, 5.74) is 2.35. The summed E-state index contributed by atoms with van der Waals surface area (Å²) in [6, 6.07) is 12.8. The van der Waals surface area contributed by atoms with Crippen LogP contribution in [0.15, 0.2) is 46.9 Å². The number of hydrogen-bond acceptors (Lipinski definition) is 2. The second-order valence-electron chi connectivity index (χ2n) is 4.12. The van der Waals surface area contributed by atoms with E-state index in [1.54, 1.807) is 31.4 Å². The van der Waals surface area contributed by atoms with Gasteiger partial charge in [0.05, 0.1) is 12.8 Å². The minimum Gasteiger partial charge on any atom is -0.495 e. The summed E-state index contributed by atoms with van der Waals surface area (Å²) in [7, 11) is 1.58. The summed E-state index contributed by atoms with van der Waals surface area (Å²) in [4.78, 5) is 12.2. The summed E-state index contributed by atoms with van der Waals surface area (Å²) in [6.07, 6.45) is 0. The highest BCUT2D eigenvalue weighted by Gasteiger charge is 2.10. The second kappa shape index (κ2) is 5.89. The molecule has 19 heavy (non-hydrogen) atoms. The quantitative estimate of drug-likeness (QED) is 0.928.